The highest BCUT2D eigenvalue weighted by Gasteiger charge is 2.41. The molecule has 0 aliphatic carbocycles. The number of piperidine rings is 1. The topological polar surface area (TPSA) is 107 Å². The van der Waals surface area contributed by atoms with Gasteiger partial charge in [-0.25, -0.2) is 19.6 Å². The maximum atomic E-state index is 10.6. The maximum Gasteiger partial charge on any atom is 0.490 e. The average molecular weight is 543 g/mol. The van der Waals surface area contributed by atoms with Crippen molar-refractivity contribution in [3.8, 4) is 0 Å². The van der Waals surface area contributed by atoms with Crippen LogP contribution in [0.3, 0.4) is 0 Å². The number of carboxylic acids is 2. The van der Waals surface area contributed by atoms with Crippen molar-refractivity contribution in [2.75, 3.05) is 31.1 Å². The number of likely N-dealkylation sites (tertiary alicyclic amines) is 1. The van der Waals surface area contributed by atoms with Crippen LogP contribution in [0.2, 0.25) is 0 Å². The minimum absolute atomic E-state index is 0.491. The number of carbonyl (C=O) groups is 2. The minimum atomic E-state index is -5.08. The molecule has 2 aliphatic heterocycles. The fraction of sp³-hybridized carbons (Fsp3) is 0.524. The summed E-state index contributed by atoms with van der Waals surface area (Å²) in [6.07, 6.45) is -2.57. The van der Waals surface area contributed by atoms with E-state index in [1.165, 1.54) is 37.2 Å². The summed E-state index contributed by atoms with van der Waals surface area (Å²) in [5, 5.41) is 16.4. The lowest BCUT2D eigenvalue weighted by molar-refractivity contribution is -0.193. The molecule has 36 heavy (non-hydrogen) atoms. The van der Waals surface area contributed by atoms with Gasteiger partial charge in [-0.3, -0.25) is 4.90 Å². The first-order valence-corrected chi connectivity index (χ1v) is 11.5. The first kappa shape index (κ1) is 29.3. The second-order valence-corrected chi connectivity index (χ2v) is 9.21. The number of anilines is 1. The Bertz CT molecular complexity index is 941. The Kier molecular flexibility index (Phi) is 10.0. The Morgan fingerprint density at radius 1 is 0.917 bits per heavy atom. The van der Waals surface area contributed by atoms with Crippen LogP contribution in [0.4, 0.5) is 32.3 Å². The van der Waals surface area contributed by atoms with Gasteiger partial charge >= 0.3 is 24.3 Å². The van der Waals surface area contributed by atoms with Crippen molar-refractivity contribution in [3.05, 3.63) is 40.8 Å². The summed E-state index contributed by atoms with van der Waals surface area (Å²) in [5.74, 6) is -4.61. The van der Waals surface area contributed by atoms with E-state index in [-0.39, 0.29) is 0 Å². The van der Waals surface area contributed by atoms with E-state index in [4.69, 9.17) is 19.8 Å². The molecule has 2 fully saturated rings. The predicted octanol–water partition coefficient (Wildman–Crippen LogP) is 4.30. The maximum absolute atomic E-state index is 10.6. The van der Waals surface area contributed by atoms with Gasteiger partial charge in [-0.2, -0.15) is 26.3 Å². The van der Waals surface area contributed by atoms with Gasteiger partial charge in [0.2, 0.25) is 5.95 Å². The molecule has 8 nitrogen and oxygen atoms in total. The highest BCUT2D eigenvalue weighted by Crippen LogP contribution is 2.41. The summed E-state index contributed by atoms with van der Waals surface area (Å²) >= 11 is 1.87. The Balaban J connectivity index is 0.000000271. The van der Waals surface area contributed by atoms with Gasteiger partial charge in [-0.05, 0) is 55.3 Å². The van der Waals surface area contributed by atoms with Crippen LogP contribution in [0, 0.1) is 5.41 Å². The lowest BCUT2D eigenvalue weighted by Gasteiger charge is -2.39. The first-order valence-electron chi connectivity index (χ1n) is 10.6. The van der Waals surface area contributed by atoms with E-state index in [0.29, 0.717) is 5.41 Å². The van der Waals surface area contributed by atoms with Gasteiger partial charge in [0.05, 0.1) is 0 Å². The highest BCUT2D eigenvalue weighted by molar-refractivity contribution is 7.09. The monoisotopic (exact) mass is 542 g/mol. The van der Waals surface area contributed by atoms with Crippen molar-refractivity contribution >= 4 is 29.2 Å². The molecular formula is C21H24F6N4O4S. The molecule has 0 unspecified atom stereocenters. The van der Waals surface area contributed by atoms with E-state index < -0.39 is 24.3 Å². The van der Waals surface area contributed by atoms with Crippen molar-refractivity contribution in [1.82, 2.24) is 14.9 Å². The Morgan fingerprint density at radius 2 is 1.42 bits per heavy atom. The number of hydrogen-bond acceptors (Lipinski definition) is 7. The van der Waals surface area contributed by atoms with Crippen LogP contribution in [0.5, 0.6) is 0 Å². The quantitative estimate of drug-likeness (QED) is 0.554. The van der Waals surface area contributed by atoms with Gasteiger partial charge in [-0.15, -0.1) is 11.3 Å². The Hall–Kier alpha value is -2.94. The number of halogens is 6. The molecule has 2 saturated heterocycles. The van der Waals surface area contributed by atoms with Crippen LogP contribution >= 0.6 is 11.3 Å². The second-order valence-electron chi connectivity index (χ2n) is 8.18. The van der Waals surface area contributed by atoms with Crippen molar-refractivity contribution in [1.29, 1.82) is 0 Å². The molecule has 0 amide bonds. The fourth-order valence-electron chi connectivity index (χ4n) is 3.78. The second kappa shape index (κ2) is 12.3. The summed E-state index contributed by atoms with van der Waals surface area (Å²) in [6, 6.07) is 6.29. The molecule has 0 radical (unpaired) electrons. The summed E-state index contributed by atoms with van der Waals surface area (Å²) in [6.45, 7) is 5.81. The van der Waals surface area contributed by atoms with Gasteiger partial charge in [0, 0.05) is 36.9 Å². The van der Waals surface area contributed by atoms with Crippen molar-refractivity contribution in [2.45, 2.75) is 38.2 Å². The van der Waals surface area contributed by atoms with Crippen LogP contribution in [-0.4, -0.2) is 75.6 Å². The number of nitrogens with zero attached hydrogens (tertiary/aromatic N) is 4. The van der Waals surface area contributed by atoms with Gasteiger partial charge in [0.15, 0.2) is 0 Å². The molecule has 2 N–H and O–H groups in total. The molecule has 200 valence electrons. The lowest BCUT2D eigenvalue weighted by Crippen LogP contribution is -2.41. The SMILES string of the molecule is O=C(O)C(F)(F)F.O=C(O)C(F)(F)F.c1cnc(N2CCC3(CCN(Cc4cccs4)CC3)C2)nc1. The number of aliphatic carboxylic acids is 2. The molecule has 0 atom stereocenters. The van der Waals surface area contributed by atoms with E-state index >= 15 is 0 Å². The number of hydrogen-bond donors (Lipinski definition) is 2. The first-order chi connectivity index (χ1) is 16.7. The molecule has 15 heteroatoms. The van der Waals surface area contributed by atoms with E-state index in [1.54, 1.807) is 0 Å². The van der Waals surface area contributed by atoms with Crippen LogP contribution in [0.1, 0.15) is 24.1 Å². The Labute approximate surface area is 206 Å². The zero-order chi connectivity index (χ0) is 27.0. The minimum Gasteiger partial charge on any atom is -0.475 e. The van der Waals surface area contributed by atoms with Crippen LogP contribution < -0.4 is 4.90 Å². The van der Waals surface area contributed by atoms with E-state index in [1.807, 2.05) is 29.8 Å². The normalized spacial score (nSPS) is 17.6. The van der Waals surface area contributed by atoms with E-state index in [2.05, 4.69) is 37.3 Å². The highest BCUT2D eigenvalue weighted by atomic mass is 32.1. The Morgan fingerprint density at radius 3 is 1.86 bits per heavy atom. The summed E-state index contributed by atoms with van der Waals surface area (Å²) < 4.78 is 63.5. The summed E-state index contributed by atoms with van der Waals surface area (Å²) in [5.41, 5.74) is 0.491. The van der Waals surface area contributed by atoms with Gasteiger partial charge in [0.25, 0.3) is 0 Å². The van der Waals surface area contributed by atoms with Crippen molar-refractivity contribution < 1.29 is 46.1 Å². The number of alkyl halides is 6. The van der Waals surface area contributed by atoms with E-state index in [0.717, 1.165) is 25.6 Å². The zero-order valence-electron chi connectivity index (χ0n) is 18.8. The third-order valence-corrected chi connectivity index (χ3v) is 6.50. The van der Waals surface area contributed by atoms with Gasteiger partial charge < -0.3 is 15.1 Å². The van der Waals surface area contributed by atoms with Gasteiger partial charge in [-0.1, -0.05) is 6.07 Å². The number of carboxylic acid groups (broad SMARTS) is 2. The molecule has 4 heterocycles. The molecule has 0 saturated carbocycles. The molecule has 2 aromatic rings. The van der Waals surface area contributed by atoms with Crippen molar-refractivity contribution in [3.63, 3.8) is 0 Å². The summed E-state index contributed by atoms with van der Waals surface area (Å²) in [4.78, 5) is 33.1. The average Bonchev–Trinajstić information content (AvgIpc) is 3.46. The van der Waals surface area contributed by atoms with Crippen molar-refractivity contribution in [2.24, 2.45) is 5.41 Å². The standard InChI is InChI=1S/C17H22N4S.2C2HF3O2/c1-3-15(22-12-1)13-20-9-4-17(5-10-20)6-11-21(14-17)16-18-7-2-8-19-16;2*3-2(4,5)1(6)7/h1-3,7-8,12H,4-6,9-11,13-14H2;2*(H,6,7). The smallest absolute Gasteiger partial charge is 0.475 e. The van der Waals surface area contributed by atoms with Crippen LogP contribution in [0.15, 0.2) is 36.0 Å². The molecular weight excluding hydrogens is 518 g/mol. The zero-order valence-corrected chi connectivity index (χ0v) is 19.6. The molecule has 4 rings (SSSR count). The van der Waals surface area contributed by atoms with Crippen LogP contribution in [-0.2, 0) is 16.1 Å². The fourth-order valence-corrected chi connectivity index (χ4v) is 4.52. The largest absolute Gasteiger partial charge is 0.490 e. The molecule has 1 spiro atoms. The summed E-state index contributed by atoms with van der Waals surface area (Å²) in [7, 11) is 0. The molecule has 2 aliphatic rings. The van der Waals surface area contributed by atoms with Crippen LogP contribution in [0.25, 0.3) is 0 Å². The third kappa shape index (κ3) is 9.26. The number of rotatable bonds is 3. The van der Waals surface area contributed by atoms with Gasteiger partial charge in [0.1, 0.15) is 0 Å². The number of thiophene rings is 1. The molecule has 0 aromatic carbocycles. The third-order valence-electron chi connectivity index (χ3n) is 5.63. The number of aromatic nitrogens is 2. The van der Waals surface area contributed by atoms with E-state index in [9.17, 15) is 26.3 Å². The molecule has 0 bridgehead atoms. The molecule has 2 aromatic heterocycles. The lowest BCUT2D eigenvalue weighted by atomic mass is 9.78. The predicted molar refractivity (Wildman–Crippen MR) is 118 cm³/mol.